The quantitative estimate of drug-likeness (QED) is 0.311. The summed E-state index contributed by atoms with van der Waals surface area (Å²) >= 11 is 1.41. The van der Waals surface area contributed by atoms with E-state index < -0.39 is 22.6 Å². The summed E-state index contributed by atoms with van der Waals surface area (Å²) in [5.74, 6) is -0.511. The number of amides is 1. The minimum Gasteiger partial charge on any atom is -0.324 e. The van der Waals surface area contributed by atoms with Crippen molar-refractivity contribution in [2.75, 3.05) is 5.32 Å². The molecule has 1 aliphatic rings. The minimum atomic E-state index is -0.559. The zero-order valence-corrected chi connectivity index (χ0v) is 20.4. The molecule has 1 amide bonds. The van der Waals surface area contributed by atoms with Crippen LogP contribution in [0.2, 0.25) is 0 Å². The van der Waals surface area contributed by atoms with E-state index in [0.717, 1.165) is 41.7 Å². The smallest absolute Gasteiger partial charge is 0.324 e. The molecule has 5 rings (SSSR count). The highest BCUT2D eigenvalue weighted by Gasteiger charge is 2.26. The molecule has 9 nitrogen and oxygen atoms in total. The van der Waals surface area contributed by atoms with E-state index >= 15 is 0 Å². The Labute approximate surface area is 209 Å². The largest absolute Gasteiger partial charge is 0.333 e. The maximum absolute atomic E-state index is 13.7. The van der Waals surface area contributed by atoms with Gasteiger partial charge in [-0.2, -0.15) is 0 Å². The number of non-ortho nitro benzene ring substituents is 1. The molecule has 2 heterocycles. The van der Waals surface area contributed by atoms with Crippen molar-refractivity contribution >= 4 is 38.8 Å². The predicted molar refractivity (Wildman–Crippen MR) is 139 cm³/mol. The van der Waals surface area contributed by atoms with Crippen molar-refractivity contribution in [3.05, 3.63) is 102 Å². The SMILES string of the molecule is CC(c1ccccc1)n1c(=O)c2c3c(sc2n(CC(=O)Nc2cccc([N+](=O)[O-])c2)c1=O)CCCC3. The van der Waals surface area contributed by atoms with Crippen molar-refractivity contribution in [3.8, 4) is 0 Å². The Kier molecular flexibility index (Phi) is 6.27. The van der Waals surface area contributed by atoms with Gasteiger partial charge in [0.15, 0.2) is 0 Å². The van der Waals surface area contributed by atoms with Gasteiger partial charge in [0.05, 0.1) is 16.4 Å². The topological polar surface area (TPSA) is 116 Å². The third kappa shape index (κ3) is 4.24. The van der Waals surface area contributed by atoms with Crippen molar-refractivity contribution in [1.82, 2.24) is 9.13 Å². The third-order valence-electron chi connectivity index (χ3n) is 6.58. The maximum Gasteiger partial charge on any atom is 0.333 e. The van der Waals surface area contributed by atoms with Crippen LogP contribution in [0.15, 0.2) is 64.2 Å². The molecule has 184 valence electrons. The van der Waals surface area contributed by atoms with E-state index in [1.165, 1.54) is 38.7 Å². The van der Waals surface area contributed by atoms with Gasteiger partial charge in [-0.25, -0.2) is 4.79 Å². The Balaban J connectivity index is 1.62. The lowest BCUT2D eigenvalue weighted by molar-refractivity contribution is -0.384. The van der Waals surface area contributed by atoms with Crippen molar-refractivity contribution in [1.29, 1.82) is 0 Å². The van der Waals surface area contributed by atoms with Crippen molar-refractivity contribution in [2.24, 2.45) is 0 Å². The Hall–Kier alpha value is -4.05. The Morgan fingerprint density at radius 3 is 2.61 bits per heavy atom. The van der Waals surface area contributed by atoms with Crippen LogP contribution in [0.1, 0.15) is 41.8 Å². The molecular formula is C26H24N4O5S. The summed E-state index contributed by atoms with van der Waals surface area (Å²) in [5.41, 5.74) is 1.01. The molecule has 10 heteroatoms. The number of nitrogens with one attached hydrogen (secondary N) is 1. The van der Waals surface area contributed by atoms with Crippen LogP contribution in [0.25, 0.3) is 10.2 Å². The first-order valence-electron chi connectivity index (χ1n) is 11.7. The van der Waals surface area contributed by atoms with Crippen LogP contribution in [-0.2, 0) is 24.2 Å². The molecule has 2 aromatic carbocycles. The molecule has 2 aromatic heterocycles. The summed E-state index contributed by atoms with van der Waals surface area (Å²) in [5, 5.41) is 14.2. The number of carbonyl (C=O) groups excluding carboxylic acids is 1. The summed E-state index contributed by atoms with van der Waals surface area (Å²) in [6, 6.07) is 14.4. The number of nitrogens with zero attached hydrogens (tertiary/aromatic N) is 3. The van der Waals surface area contributed by atoms with Crippen LogP contribution in [-0.4, -0.2) is 20.0 Å². The first-order chi connectivity index (χ1) is 17.3. The molecular weight excluding hydrogens is 480 g/mol. The molecule has 0 fully saturated rings. The highest BCUT2D eigenvalue weighted by Crippen LogP contribution is 2.34. The Morgan fingerprint density at radius 1 is 1.11 bits per heavy atom. The molecule has 0 radical (unpaired) electrons. The van der Waals surface area contributed by atoms with Gasteiger partial charge < -0.3 is 5.32 Å². The predicted octanol–water partition coefficient (Wildman–Crippen LogP) is 4.26. The molecule has 0 saturated carbocycles. The average Bonchev–Trinajstić information content (AvgIpc) is 3.27. The number of hydrogen-bond donors (Lipinski definition) is 1. The molecule has 1 N–H and O–H groups in total. The molecule has 1 unspecified atom stereocenters. The second kappa shape index (κ2) is 9.54. The van der Waals surface area contributed by atoms with Crippen LogP contribution >= 0.6 is 11.3 Å². The van der Waals surface area contributed by atoms with Gasteiger partial charge in [0.1, 0.15) is 11.4 Å². The Bertz CT molecular complexity index is 1600. The second-order valence-electron chi connectivity index (χ2n) is 8.88. The highest BCUT2D eigenvalue weighted by molar-refractivity contribution is 7.18. The molecule has 0 spiro atoms. The van der Waals surface area contributed by atoms with Gasteiger partial charge in [-0.15, -0.1) is 11.3 Å². The van der Waals surface area contributed by atoms with Crippen LogP contribution in [0.3, 0.4) is 0 Å². The van der Waals surface area contributed by atoms with Gasteiger partial charge in [-0.1, -0.05) is 36.4 Å². The number of nitro groups is 1. The zero-order valence-electron chi connectivity index (χ0n) is 19.6. The van der Waals surface area contributed by atoms with Crippen LogP contribution in [0, 0.1) is 10.1 Å². The molecule has 0 bridgehead atoms. The lowest BCUT2D eigenvalue weighted by Crippen LogP contribution is -2.43. The van der Waals surface area contributed by atoms with Crippen LogP contribution in [0.5, 0.6) is 0 Å². The number of fused-ring (bicyclic) bond motifs is 3. The molecule has 1 atom stereocenters. The lowest BCUT2D eigenvalue weighted by Gasteiger charge is -2.18. The standard InChI is InChI=1S/C26H24N4O5S/c1-16(17-8-3-2-4-9-17)29-24(32)23-20-12-5-6-13-21(20)36-25(23)28(26(29)33)15-22(31)27-18-10-7-11-19(14-18)30(34)35/h2-4,7-11,14,16H,5-6,12-13,15H2,1H3,(H,27,31). The zero-order chi connectivity index (χ0) is 25.4. The van der Waals surface area contributed by atoms with Gasteiger partial charge in [0.2, 0.25) is 5.91 Å². The summed E-state index contributed by atoms with van der Waals surface area (Å²) < 4.78 is 2.60. The number of thiophene rings is 1. The van der Waals surface area contributed by atoms with Gasteiger partial charge >= 0.3 is 5.69 Å². The monoisotopic (exact) mass is 504 g/mol. The molecule has 4 aromatic rings. The van der Waals surface area contributed by atoms with Gasteiger partial charge in [0.25, 0.3) is 11.2 Å². The number of benzene rings is 2. The van der Waals surface area contributed by atoms with Crippen molar-refractivity contribution in [2.45, 2.75) is 45.2 Å². The maximum atomic E-state index is 13.7. The number of aromatic nitrogens is 2. The van der Waals surface area contributed by atoms with Gasteiger partial charge in [0, 0.05) is 22.7 Å². The van der Waals surface area contributed by atoms with E-state index in [0.29, 0.717) is 10.2 Å². The van der Waals surface area contributed by atoms with Crippen LogP contribution < -0.4 is 16.6 Å². The summed E-state index contributed by atoms with van der Waals surface area (Å²) in [7, 11) is 0. The fourth-order valence-corrected chi connectivity index (χ4v) is 6.16. The Morgan fingerprint density at radius 2 is 1.86 bits per heavy atom. The van der Waals surface area contributed by atoms with E-state index in [1.54, 1.807) is 13.0 Å². The third-order valence-corrected chi connectivity index (χ3v) is 7.89. The second-order valence-corrected chi connectivity index (χ2v) is 9.96. The number of aryl methyl sites for hydroxylation is 2. The molecule has 0 aliphatic heterocycles. The number of nitro benzene ring substituents is 1. The van der Waals surface area contributed by atoms with Crippen molar-refractivity contribution in [3.63, 3.8) is 0 Å². The van der Waals surface area contributed by atoms with Crippen molar-refractivity contribution < 1.29 is 9.72 Å². The number of carbonyl (C=O) groups is 1. The first-order valence-corrected chi connectivity index (χ1v) is 12.6. The molecule has 1 aliphatic carbocycles. The number of rotatable bonds is 6. The molecule has 0 saturated heterocycles. The highest BCUT2D eigenvalue weighted by atomic mass is 32.1. The lowest BCUT2D eigenvalue weighted by atomic mass is 9.97. The van der Waals surface area contributed by atoms with E-state index in [-0.39, 0.29) is 23.5 Å². The van der Waals surface area contributed by atoms with Crippen LogP contribution in [0.4, 0.5) is 11.4 Å². The first kappa shape index (κ1) is 23.7. The minimum absolute atomic E-state index is 0.150. The fourth-order valence-electron chi connectivity index (χ4n) is 4.79. The van der Waals surface area contributed by atoms with E-state index in [9.17, 15) is 24.5 Å². The fraction of sp³-hybridized carbons (Fsp3) is 0.269. The number of anilines is 1. The van der Waals surface area contributed by atoms with Gasteiger partial charge in [-0.3, -0.25) is 28.8 Å². The number of hydrogen-bond acceptors (Lipinski definition) is 6. The van der Waals surface area contributed by atoms with Gasteiger partial charge in [-0.05, 0) is 49.8 Å². The summed E-state index contributed by atoms with van der Waals surface area (Å²) in [6.07, 6.45) is 3.60. The van der Waals surface area contributed by atoms with E-state index in [2.05, 4.69) is 5.32 Å². The summed E-state index contributed by atoms with van der Waals surface area (Å²) in [4.78, 5) is 52.6. The van der Waals surface area contributed by atoms with E-state index in [1.807, 2.05) is 30.3 Å². The van der Waals surface area contributed by atoms with E-state index in [4.69, 9.17) is 0 Å². The normalized spacial score (nSPS) is 13.8. The average molecular weight is 505 g/mol. The summed E-state index contributed by atoms with van der Waals surface area (Å²) in [6.45, 7) is 1.48. The molecule has 36 heavy (non-hydrogen) atoms.